The van der Waals surface area contributed by atoms with Crippen LogP contribution in [0.5, 0.6) is 0 Å². The summed E-state index contributed by atoms with van der Waals surface area (Å²) >= 11 is 0. The molecule has 0 spiro atoms. The van der Waals surface area contributed by atoms with Gasteiger partial charge in [-0.15, -0.1) is 0 Å². The van der Waals surface area contributed by atoms with Gasteiger partial charge in [0.15, 0.2) is 0 Å². The lowest BCUT2D eigenvalue weighted by atomic mass is 10.1. The summed E-state index contributed by atoms with van der Waals surface area (Å²) < 4.78 is 0. The Morgan fingerprint density at radius 1 is 1.38 bits per heavy atom. The molecule has 2 aliphatic rings. The molecule has 90 valence electrons. The van der Waals surface area contributed by atoms with Gasteiger partial charge in [0.05, 0.1) is 6.04 Å². The van der Waals surface area contributed by atoms with E-state index in [1.807, 2.05) is 0 Å². The Bertz CT molecular complexity index is 296. The molecule has 0 aromatic carbocycles. The number of hydrogen-bond acceptors (Lipinski definition) is 3. The van der Waals surface area contributed by atoms with Crippen LogP contribution in [0.3, 0.4) is 0 Å². The molecular formula is C11H18N2O3. The van der Waals surface area contributed by atoms with Crippen LogP contribution in [-0.4, -0.2) is 46.6 Å². The minimum Gasteiger partial charge on any atom is -0.480 e. The van der Waals surface area contributed by atoms with Gasteiger partial charge in [0.2, 0.25) is 5.91 Å². The van der Waals surface area contributed by atoms with Crippen LogP contribution < -0.4 is 5.32 Å². The lowest BCUT2D eigenvalue weighted by Crippen LogP contribution is -2.51. The summed E-state index contributed by atoms with van der Waals surface area (Å²) in [6.45, 7) is 2.45. The van der Waals surface area contributed by atoms with Crippen molar-refractivity contribution in [2.75, 3.05) is 6.54 Å². The molecular weight excluding hydrogens is 208 g/mol. The van der Waals surface area contributed by atoms with Crippen LogP contribution in [0, 0.1) is 0 Å². The van der Waals surface area contributed by atoms with Crippen LogP contribution in [0.4, 0.5) is 0 Å². The van der Waals surface area contributed by atoms with E-state index >= 15 is 0 Å². The highest BCUT2D eigenvalue weighted by molar-refractivity contribution is 5.87. The molecule has 1 saturated carbocycles. The van der Waals surface area contributed by atoms with Crippen LogP contribution >= 0.6 is 0 Å². The van der Waals surface area contributed by atoms with Crippen molar-refractivity contribution >= 4 is 11.9 Å². The summed E-state index contributed by atoms with van der Waals surface area (Å²) in [5.74, 6) is -0.951. The summed E-state index contributed by atoms with van der Waals surface area (Å²) in [7, 11) is 0. The van der Waals surface area contributed by atoms with Crippen molar-refractivity contribution in [2.24, 2.45) is 0 Å². The van der Waals surface area contributed by atoms with Crippen LogP contribution in [0.15, 0.2) is 0 Å². The van der Waals surface area contributed by atoms with Crippen molar-refractivity contribution in [1.29, 1.82) is 0 Å². The van der Waals surface area contributed by atoms with Gasteiger partial charge >= 0.3 is 5.97 Å². The van der Waals surface area contributed by atoms with E-state index in [2.05, 4.69) is 5.32 Å². The molecule has 1 saturated heterocycles. The zero-order valence-corrected chi connectivity index (χ0v) is 9.48. The lowest BCUT2D eigenvalue weighted by molar-refractivity contribution is -0.150. The van der Waals surface area contributed by atoms with Gasteiger partial charge < -0.3 is 15.3 Å². The first-order valence-electron chi connectivity index (χ1n) is 5.89. The minimum absolute atomic E-state index is 0.0325. The smallest absolute Gasteiger partial charge is 0.326 e. The Hall–Kier alpha value is -1.10. The quantitative estimate of drug-likeness (QED) is 0.718. The highest BCUT2D eigenvalue weighted by atomic mass is 16.4. The van der Waals surface area contributed by atoms with Gasteiger partial charge in [0, 0.05) is 6.04 Å². The number of rotatable bonds is 4. The predicted molar refractivity (Wildman–Crippen MR) is 58.0 cm³/mol. The van der Waals surface area contributed by atoms with Crippen molar-refractivity contribution < 1.29 is 14.7 Å². The second-order valence-corrected chi connectivity index (χ2v) is 4.64. The Balaban J connectivity index is 2.06. The van der Waals surface area contributed by atoms with E-state index in [1.165, 1.54) is 0 Å². The fourth-order valence-electron chi connectivity index (χ4n) is 2.23. The molecule has 2 rings (SSSR count). The summed E-state index contributed by atoms with van der Waals surface area (Å²) in [6.07, 6.45) is 3.71. The number of carbonyl (C=O) groups is 2. The highest BCUT2D eigenvalue weighted by Gasteiger charge is 2.41. The molecule has 1 aliphatic carbocycles. The van der Waals surface area contributed by atoms with Gasteiger partial charge in [-0.2, -0.15) is 0 Å². The lowest BCUT2D eigenvalue weighted by Gasteiger charge is -2.29. The van der Waals surface area contributed by atoms with Crippen LogP contribution in [0.25, 0.3) is 0 Å². The van der Waals surface area contributed by atoms with Crippen molar-refractivity contribution in [3.8, 4) is 0 Å². The average molecular weight is 226 g/mol. The maximum atomic E-state index is 12.2. The third kappa shape index (κ3) is 2.19. The number of nitrogens with one attached hydrogen (secondary N) is 1. The van der Waals surface area contributed by atoms with Gasteiger partial charge in [-0.1, -0.05) is 0 Å². The molecule has 1 amide bonds. The number of amides is 1. The third-order valence-corrected chi connectivity index (χ3v) is 3.33. The van der Waals surface area contributed by atoms with Gasteiger partial charge in [-0.05, 0) is 39.2 Å². The van der Waals surface area contributed by atoms with Gasteiger partial charge in [-0.25, -0.2) is 4.79 Å². The molecule has 0 unspecified atom stereocenters. The maximum absolute atomic E-state index is 12.2. The normalized spacial score (nSPS) is 26.4. The SMILES string of the molecule is C[C@@H](C(=O)O)N(C(=O)[C@H]1CCCN1)C1CC1. The molecule has 0 radical (unpaired) electrons. The number of aliphatic carboxylic acids is 1. The first kappa shape index (κ1) is 11.4. The molecule has 2 N–H and O–H groups in total. The molecule has 0 bridgehead atoms. The van der Waals surface area contributed by atoms with Crippen LogP contribution in [0.1, 0.15) is 32.6 Å². The molecule has 5 nitrogen and oxygen atoms in total. The summed E-state index contributed by atoms with van der Waals surface area (Å²) in [6, 6.07) is -0.717. The molecule has 2 atom stereocenters. The number of carboxylic acid groups (broad SMARTS) is 1. The first-order chi connectivity index (χ1) is 7.61. The molecule has 16 heavy (non-hydrogen) atoms. The predicted octanol–water partition coefficient (Wildman–Crippen LogP) is 0.203. The largest absolute Gasteiger partial charge is 0.480 e. The van der Waals surface area contributed by atoms with Crippen molar-refractivity contribution in [1.82, 2.24) is 10.2 Å². The molecule has 0 aromatic heterocycles. The van der Waals surface area contributed by atoms with Crippen molar-refractivity contribution in [2.45, 2.75) is 50.7 Å². The summed E-state index contributed by atoms with van der Waals surface area (Å²) in [5, 5.41) is 12.1. The van der Waals surface area contributed by atoms with Crippen molar-refractivity contribution in [3.63, 3.8) is 0 Å². The van der Waals surface area contributed by atoms with E-state index in [-0.39, 0.29) is 18.0 Å². The second kappa shape index (κ2) is 4.41. The summed E-state index contributed by atoms with van der Waals surface area (Å²) in [5.41, 5.74) is 0. The van der Waals surface area contributed by atoms with Crippen LogP contribution in [0.2, 0.25) is 0 Å². The van der Waals surface area contributed by atoms with Gasteiger partial charge in [0.1, 0.15) is 6.04 Å². The number of hydrogen-bond donors (Lipinski definition) is 2. The highest BCUT2D eigenvalue weighted by Crippen LogP contribution is 2.30. The standard InChI is InChI=1S/C11H18N2O3/c1-7(11(15)16)13(8-4-5-8)10(14)9-3-2-6-12-9/h7-9,12H,2-6H2,1H3,(H,15,16)/t7-,9+/m0/s1. The monoisotopic (exact) mass is 226 g/mol. The fourth-order valence-corrected chi connectivity index (χ4v) is 2.23. The second-order valence-electron chi connectivity index (χ2n) is 4.64. The Kier molecular flexibility index (Phi) is 3.14. The van der Waals surface area contributed by atoms with Crippen molar-refractivity contribution in [3.05, 3.63) is 0 Å². The third-order valence-electron chi connectivity index (χ3n) is 3.33. The van der Waals surface area contributed by atoms with Gasteiger partial charge in [0.25, 0.3) is 0 Å². The minimum atomic E-state index is -0.918. The first-order valence-corrected chi connectivity index (χ1v) is 5.89. The Morgan fingerprint density at radius 3 is 2.50 bits per heavy atom. The number of carboxylic acids is 1. The van der Waals surface area contributed by atoms with E-state index in [1.54, 1.807) is 11.8 Å². The Morgan fingerprint density at radius 2 is 2.06 bits per heavy atom. The van der Waals surface area contributed by atoms with Gasteiger partial charge in [-0.3, -0.25) is 4.79 Å². The topological polar surface area (TPSA) is 69.6 Å². The Labute approximate surface area is 94.8 Å². The molecule has 5 heteroatoms. The number of nitrogens with zero attached hydrogens (tertiary/aromatic N) is 1. The maximum Gasteiger partial charge on any atom is 0.326 e. The molecule has 2 fully saturated rings. The number of carbonyl (C=O) groups excluding carboxylic acids is 1. The van der Waals surface area contributed by atoms with E-state index < -0.39 is 12.0 Å². The molecule has 0 aromatic rings. The van der Waals surface area contributed by atoms with Crippen LogP contribution in [-0.2, 0) is 9.59 Å². The fraction of sp³-hybridized carbons (Fsp3) is 0.818. The zero-order chi connectivity index (χ0) is 11.7. The van der Waals surface area contributed by atoms with E-state index in [4.69, 9.17) is 5.11 Å². The molecule has 1 aliphatic heterocycles. The van der Waals surface area contributed by atoms with E-state index in [9.17, 15) is 9.59 Å². The molecule has 1 heterocycles. The zero-order valence-electron chi connectivity index (χ0n) is 9.48. The van der Waals surface area contributed by atoms with E-state index in [0.717, 1.165) is 32.2 Å². The van der Waals surface area contributed by atoms with E-state index in [0.29, 0.717) is 0 Å². The summed E-state index contributed by atoms with van der Waals surface area (Å²) in [4.78, 5) is 24.7. The average Bonchev–Trinajstić information content (AvgIpc) is 2.93.